The summed E-state index contributed by atoms with van der Waals surface area (Å²) in [4.78, 5) is 32.2. The van der Waals surface area contributed by atoms with Crippen LogP contribution in [-0.2, 0) is 6.54 Å². The van der Waals surface area contributed by atoms with Crippen molar-refractivity contribution >= 4 is 28.4 Å². The number of rotatable bonds is 6. The lowest BCUT2D eigenvalue weighted by Crippen LogP contribution is -2.38. The minimum absolute atomic E-state index is 0.159. The molecule has 2 heterocycles. The Hall–Kier alpha value is -2.60. The van der Waals surface area contributed by atoms with E-state index in [9.17, 15) is 9.59 Å². The summed E-state index contributed by atoms with van der Waals surface area (Å²) in [5.41, 5.74) is 0.409. The van der Waals surface area contributed by atoms with Crippen LogP contribution < -0.4 is 5.56 Å². The third-order valence-corrected chi connectivity index (χ3v) is 4.80. The summed E-state index contributed by atoms with van der Waals surface area (Å²) >= 11 is 6.04. The molecule has 1 aromatic carbocycles. The molecular weight excluding hydrogens is 366 g/mol. The quantitative estimate of drug-likeness (QED) is 0.633. The molecule has 0 saturated carbocycles. The predicted octanol–water partition coefficient (Wildman–Crippen LogP) is 4.28. The molecule has 6 nitrogen and oxygen atoms in total. The number of furan rings is 1. The second-order valence-electron chi connectivity index (χ2n) is 6.33. The first-order chi connectivity index (χ1) is 13.0. The van der Waals surface area contributed by atoms with Crippen LogP contribution in [-0.4, -0.2) is 26.9 Å². The van der Waals surface area contributed by atoms with Crippen molar-refractivity contribution in [2.75, 3.05) is 6.54 Å². The SMILES string of the molecule is CCCN(C(=O)c1ccco1)C(C)c1nc2ccc(Cl)cc2c(=O)n1CC. The zero-order valence-electron chi connectivity index (χ0n) is 15.6. The van der Waals surface area contributed by atoms with Gasteiger partial charge in [0.15, 0.2) is 5.76 Å². The molecule has 1 unspecified atom stereocenters. The second kappa shape index (κ2) is 7.96. The fraction of sp³-hybridized carbons (Fsp3) is 0.350. The minimum atomic E-state index is -0.393. The van der Waals surface area contributed by atoms with Gasteiger partial charge in [-0.3, -0.25) is 14.2 Å². The molecule has 7 heteroatoms. The smallest absolute Gasteiger partial charge is 0.290 e. The zero-order valence-corrected chi connectivity index (χ0v) is 16.4. The fourth-order valence-corrected chi connectivity index (χ4v) is 3.40. The molecule has 0 aliphatic rings. The minimum Gasteiger partial charge on any atom is -0.459 e. The largest absolute Gasteiger partial charge is 0.459 e. The van der Waals surface area contributed by atoms with E-state index in [4.69, 9.17) is 21.0 Å². The van der Waals surface area contributed by atoms with Gasteiger partial charge in [0, 0.05) is 18.1 Å². The third-order valence-electron chi connectivity index (χ3n) is 4.56. The van der Waals surface area contributed by atoms with Gasteiger partial charge in [-0.1, -0.05) is 18.5 Å². The molecule has 0 fully saturated rings. The molecule has 3 rings (SSSR count). The van der Waals surface area contributed by atoms with Crippen LogP contribution in [0, 0.1) is 0 Å². The molecule has 1 atom stereocenters. The molecule has 0 saturated heterocycles. The van der Waals surface area contributed by atoms with E-state index in [1.165, 1.54) is 6.26 Å². The number of amides is 1. The number of hydrogen-bond donors (Lipinski definition) is 0. The fourth-order valence-electron chi connectivity index (χ4n) is 3.23. The predicted molar refractivity (Wildman–Crippen MR) is 105 cm³/mol. The van der Waals surface area contributed by atoms with Crippen molar-refractivity contribution in [1.82, 2.24) is 14.5 Å². The van der Waals surface area contributed by atoms with E-state index in [2.05, 4.69) is 0 Å². The van der Waals surface area contributed by atoms with Gasteiger partial charge in [-0.25, -0.2) is 4.98 Å². The summed E-state index contributed by atoms with van der Waals surface area (Å²) in [6.07, 6.45) is 2.25. The van der Waals surface area contributed by atoms with E-state index in [1.807, 2.05) is 20.8 Å². The summed E-state index contributed by atoms with van der Waals surface area (Å²) in [6, 6.07) is 8.00. The summed E-state index contributed by atoms with van der Waals surface area (Å²) in [5.74, 6) is 0.599. The third kappa shape index (κ3) is 3.62. The monoisotopic (exact) mass is 387 g/mol. The van der Waals surface area contributed by atoms with Gasteiger partial charge in [0.2, 0.25) is 0 Å². The maximum atomic E-state index is 13.0. The highest BCUT2D eigenvalue weighted by molar-refractivity contribution is 6.31. The van der Waals surface area contributed by atoms with Crippen LogP contribution in [0.5, 0.6) is 0 Å². The first kappa shape index (κ1) is 19.2. The van der Waals surface area contributed by atoms with E-state index < -0.39 is 6.04 Å². The molecule has 0 aliphatic heterocycles. The Morgan fingerprint density at radius 2 is 2.11 bits per heavy atom. The summed E-state index contributed by atoms with van der Waals surface area (Å²) in [7, 11) is 0. The normalized spacial score (nSPS) is 12.3. The van der Waals surface area contributed by atoms with E-state index in [0.717, 1.165) is 6.42 Å². The Labute approximate surface area is 162 Å². The number of fused-ring (bicyclic) bond motifs is 1. The number of hydrogen-bond acceptors (Lipinski definition) is 4. The summed E-state index contributed by atoms with van der Waals surface area (Å²) in [5, 5.41) is 0.963. The van der Waals surface area contributed by atoms with Crippen LogP contribution in [0.4, 0.5) is 0 Å². The maximum Gasteiger partial charge on any atom is 0.290 e. The van der Waals surface area contributed by atoms with Crippen molar-refractivity contribution < 1.29 is 9.21 Å². The lowest BCUT2D eigenvalue weighted by atomic mass is 10.2. The highest BCUT2D eigenvalue weighted by atomic mass is 35.5. The zero-order chi connectivity index (χ0) is 19.6. The number of nitrogens with zero attached hydrogens (tertiary/aromatic N) is 3. The summed E-state index contributed by atoms with van der Waals surface area (Å²) < 4.78 is 6.88. The first-order valence-corrected chi connectivity index (χ1v) is 9.40. The van der Waals surface area contributed by atoms with E-state index in [-0.39, 0.29) is 17.2 Å². The second-order valence-corrected chi connectivity index (χ2v) is 6.77. The van der Waals surface area contributed by atoms with Crippen molar-refractivity contribution in [2.24, 2.45) is 0 Å². The van der Waals surface area contributed by atoms with Crippen LogP contribution in [0.3, 0.4) is 0 Å². The number of carbonyl (C=O) groups excluding carboxylic acids is 1. The Morgan fingerprint density at radius 3 is 2.74 bits per heavy atom. The lowest BCUT2D eigenvalue weighted by Gasteiger charge is -2.29. The van der Waals surface area contributed by atoms with Crippen molar-refractivity contribution in [3.63, 3.8) is 0 Å². The average molecular weight is 388 g/mol. The maximum absolute atomic E-state index is 13.0. The molecule has 3 aromatic rings. The number of halogens is 1. The Kier molecular flexibility index (Phi) is 5.65. The molecule has 1 amide bonds. The van der Waals surface area contributed by atoms with Crippen LogP contribution >= 0.6 is 11.6 Å². The molecular formula is C20H22ClN3O3. The molecule has 0 spiro atoms. The molecule has 142 valence electrons. The van der Waals surface area contributed by atoms with Crippen molar-refractivity contribution in [3.05, 3.63) is 63.6 Å². The molecule has 0 N–H and O–H groups in total. The van der Waals surface area contributed by atoms with E-state index >= 15 is 0 Å². The molecule has 2 aromatic heterocycles. The van der Waals surface area contributed by atoms with Gasteiger partial charge in [-0.15, -0.1) is 0 Å². The highest BCUT2D eigenvalue weighted by Crippen LogP contribution is 2.23. The molecule has 27 heavy (non-hydrogen) atoms. The van der Waals surface area contributed by atoms with Gasteiger partial charge in [-0.2, -0.15) is 0 Å². The number of aromatic nitrogens is 2. The van der Waals surface area contributed by atoms with Gasteiger partial charge < -0.3 is 9.32 Å². The van der Waals surface area contributed by atoms with E-state index in [0.29, 0.717) is 34.8 Å². The van der Waals surface area contributed by atoms with Crippen LogP contribution in [0.1, 0.15) is 49.6 Å². The Bertz CT molecular complexity index is 1010. The lowest BCUT2D eigenvalue weighted by molar-refractivity contribution is 0.0646. The summed E-state index contributed by atoms with van der Waals surface area (Å²) in [6.45, 7) is 6.74. The van der Waals surface area contributed by atoms with Crippen molar-refractivity contribution in [1.29, 1.82) is 0 Å². The van der Waals surface area contributed by atoms with Crippen LogP contribution in [0.25, 0.3) is 10.9 Å². The van der Waals surface area contributed by atoms with Gasteiger partial charge in [0.05, 0.1) is 23.2 Å². The van der Waals surface area contributed by atoms with Gasteiger partial charge >= 0.3 is 0 Å². The van der Waals surface area contributed by atoms with Crippen molar-refractivity contribution in [2.45, 2.75) is 39.8 Å². The number of benzene rings is 1. The van der Waals surface area contributed by atoms with Gasteiger partial charge in [0.1, 0.15) is 5.82 Å². The molecule has 0 aliphatic carbocycles. The van der Waals surface area contributed by atoms with Crippen LogP contribution in [0.2, 0.25) is 5.02 Å². The van der Waals surface area contributed by atoms with Crippen molar-refractivity contribution in [3.8, 4) is 0 Å². The first-order valence-electron chi connectivity index (χ1n) is 9.02. The number of carbonyl (C=O) groups is 1. The standard InChI is InChI=1S/C20H22ClN3O3/c1-4-10-24(20(26)17-7-6-11-27-17)13(3)18-22-16-9-8-14(21)12-15(16)19(25)23(18)5-2/h6-9,11-13H,4-5,10H2,1-3H3. The van der Waals surface area contributed by atoms with Gasteiger partial charge in [0.25, 0.3) is 11.5 Å². The average Bonchev–Trinajstić information content (AvgIpc) is 3.20. The Balaban J connectivity index is 2.12. The van der Waals surface area contributed by atoms with Gasteiger partial charge in [-0.05, 0) is 50.6 Å². The molecule has 0 radical (unpaired) electrons. The van der Waals surface area contributed by atoms with E-state index in [1.54, 1.807) is 39.8 Å². The van der Waals surface area contributed by atoms with Crippen LogP contribution in [0.15, 0.2) is 45.8 Å². The Morgan fingerprint density at radius 1 is 1.33 bits per heavy atom. The molecule has 0 bridgehead atoms. The topological polar surface area (TPSA) is 68.3 Å². The highest BCUT2D eigenvalue weighted by Gasteiger charge is 2.27.